The van der Waals surface area contributed by atoms with E-state index in [2.05, 4.69) is 15.4 Å². The summed E-state index contributed by atoms with van der Waals surface area (Å²) < 4.78 is 6.27. The van der Waals surface area contributed by atoms with Crippen LogP contribution in [-0.2, 0) is 4.79 Å². The van der Waals surface area contributed by atoms with E-state index < -0.39 is 11.7 Å². The summed E-state index contributed by atoms with van der Waals surface area (Å²) in [5.74, 6) is 0.327. The minimum atomic E-state index is -0.807. The fourth-order valence-corrected chi connectivity index (χ4v) is 2.89. The summed E-state index contributed by atoms with van der Waals surface area (Å²) in [6, 6.07) is 12.2. The molecule has 1 N–H and O–H groups in total. The van der Waals surface area contributed by atoms with Crippen LogP contribution in [0.1, 0.15) is 24.1 Å². The van der Waals surface area contributed by atoms with E-state index in [9.17, 15) is 9.59 Å². The maximum atomic E-state index is 12.7. The van der Waals surface area contributed by atoms with Gasteiger partial charge in [0, 0.05) is 11.3 Å². The summed E-state index contributed by atoms with van der Waals surface area (Å²) in [6.07, 6.45) is 1.47. The second-order valence-electron chi connectivity index (χ2n) is 6.53. The van der Waals surface area contributed by atoms with Gasteiger partial charge in [-0.15, -0.1) is 0 Å². The van der Waals surface area contributed by atoms with Gasteiger partial charge in [0.15, 0.2) is 0 Å². The van der Waals surface area contributed by atoms with Crippen LogP contribution in [0.25, 0.3) is 11.3 Å². The molecule has 0 saturated carbocycles. The van der Waals surface area contributed by atoms with E-state index in [1.807, 2.05) is 44.2 Å². The molecule has 1 heterocycles. The number of para-hydroxylation sites is 1. The molecule has 7 nitrogen and oxygen atoms in total. The number of amides is 1. The number of nitrogens with zero attached hydrogens (tertiary/aromatic N) is 3. The number of ether oxygens (including phenoxy) is 1. The Labute approximate surface area is 163 Å². The topological polar surface area (TPSA) is 86.1 Å². The number of benzene rings is 2. The molecule has 0 radical (unpaired) electrons. The number of carbonyl (C=O) groups excluding carboxylic acids is 1. The number of anilines is 1. The highest BCUT2D eigenvalue weighted by atomic mass is 16.5. The standard InChI is InChI=1S/C21H22N4O3/c1-13-7-5-8-14(2)19(13)24-20(26)15(3)25-21(27)23-18(12-22-25)16-9-6-10-17(11-16)28-4/h5-12,15H,1-4H3,(H,24,26)/t15-/m1/s1. The van der Waals surface area contributed by atoms with Gasteiger partial charge >= 0.3 is 5.69 Å². The fraction of sp³-hybridized carbons (Fsp3) is 0.238. The molecule has 0 spiro atoms. The molecule has 0 saturated heterocycles. The molecule has 7 heteroatoms. The molecule has 144 valence electrons. The van der Waals surface area contributed by atoms with E-state index in [-0.39, 0.29) is 5.91 Å². The van der Waals surface area contributed by atoms with Gasteiger partial charge in [0.1, 0.15) is 11.8 Å². The molecule has 28 heavy (non-hydrogen) atoms. The van der Waals surface area contributed by atoms with Crippen LogP contribution in [0, 0.1) is 13.8 Å². The Hall–Kier alpha value is -3.48. The van der Waals surface area contributed by atoms with Crippen LogP contribution in [0.5, 0.6) is 5.75 Å². The largest absolute Gasteiger partial charge is 0.497 e. The fourth-order valence-electron chi connectivity index (χ4n) is 2.89. The van der Waals surface area contributed by atoms with E-state index in [4.69, 9.17) is 4.74 Å². The highest BCUT2D eigenvalue weighted by molar-refractivity contribution is 5.94. The summed E-state index contributed by atoms with van der Waals surface area (Å²) in [5, 5.41) is 7.04. The summed E-state index contributed by atoms with van der Waals surface area (Å²) in [4.78, 5) is 29.2. The number of methoxy groups -OCH3 is 1. The molecule has 0 unspecified atom stereocenters. The molecule has 3 rings (SSSR count). The minimum Gasteiger partial charge on any atom is -0.497 e. The van der Waals surface area contributed by atoms with Crippen molar-refractivity contribution in [2.24, 2.45) is 0 Å². The van der Waals surface area contributed by atoms with Crippen molar-refractivity contribution in [1.82, 2.24) is 14.8 Å². The Kier molecular flexibility index (Phi) is 5.54. The number of aromatic nitrogens is 3. The third kappa shape index (κ3) is 3.93. The predicted molar refractivity (Wildman–Crippen MR) is 108 cm³/mol. The first kappa shape index (κ1) is 19.3. The van der Waals surface area contributed by atoms with Gasteiger partial charge in [0.05, 0.1) is 19.0 Å². The minimum absolute atomic E-state index is 0.331. The van der Waals surface area contributed by atoms with Gasteiger partial charge in [-0.1, -0.05) is 30.3 Å². The van der Waals surface area contributed by atoms with Crippen LogP contribution in [0.4, 0.5) is 5.69 Å². The average Bonchev–Trinajstić information content (AvgIpc) is 2.70. The predicted octanol–water partition coefficient (Wildman–Crippen LogP) is 3.13. The molecule has 2 aromatic carbocycles. The zero-order chi connectivity index (χ0) is 20.3. The monoisotopic (exact) mass is 378 g/mol. The lowest BCUT2D eigenvalue weighted by molar-refractivity contribution is -0.119. The SMILES string of the molecule is COc1cccc(-c2cnn([C@H](C)C(=O)Nc3c(C)cccc3C)c(=O)n2)c1. The van der Waals surface area contributed by atoms with Gasteiger partial charge in [-0.3, -0.25) is 4.79 Å². The lowest BCUT2D eigenvalue weighted by Gasteiger charge is -2.16. The van der Waals surface area contributed by atoms with Crippen molar-refractivity contribution < 1.29 is 9.53 Å². The molecule has 1 atom stereocenters. The van der Waals surface area contributed by atoms with E-state index in [1.165, 1.54) is 6.20 Å². The first-order valence-electron chi connectivity index (χ1n) is 8.88. The van der Waals surface area contributed by atoms with E-state index in [1.54, 1.807) is 26.2 Å². The van der Waals surface area contributed by atoms with Crippen molar-refractivity contribution in [3.63, 3.8) is 0 Å². The van der Waals surface area contributed by atoms with Crippen molar-refractivity contribution in [3.8, 4) is 17.0 Å². The van der Waals surface area contributed by atoms with Gasteiger partial charge in [-0.05, 0) is 44.0 Å². The van der Waals surface area contributed by atoms with Crippen LogP contribution >= 0.6 is 0 Å². The van der Waals surface area contributed by atoms with Crippen molar-refractivity contribution in [1.29, 1.82) is 0 Å². The van der Waals surface area contributed by atoms with E-state index in [0.29, 0.717) is 17.0 Å². The van der Waals surface area contributed by atoms with E-state index >= 15 is 0 Å². The molecule has 0 aliphatic rings. The Morgan fingerprint density at radius 1 is 1.14 bits per heavy atom. The molecular weight excluding hydrogens is 356 g/mol. The Balaban J connectivity index is 1.85. The number of hydrogen-bond acceptors (Lipinski definition) is 5. The van der Waals surface area contributed by atoms with Gasteiger partial charge < -0.3 is 10.1 Å². The van der Waals surface area contributed by atoms with Crippen LogP contribution < -0.4 is 15.7 Å². The second-order valence-corrected chi connectivity index (χ2v) is 6.53. The smallest absolute Gasteiger partial charge is 0.365 e. The van der Waals surface area contributed by atoms with Crippen LogP contribution in [-0.4, -0.2) is 27.8 Å². The van der Waals surface area contributed by atoms with Crippen molar-refractivity contribution >= 4 is 11.6 Å². The quantitative estimate of drug-likeness (QED) is 0.737. The van der Waals surface area contributed by atoms with Crippen molar-refractivity contribution in [2.45, 2.75) is 26.8 Å². The molecule has 3 aromatic rings. The highest BCUT2D eigenvalue weighted by Crippen LogP contribution is 2.22. The Bertz CT molecular complexity index is 1050. The van der Waals surface area contributed by atoms with Gasteiger partial charge in [-0.25, -0.2) is 9.48 Å². The third-order valence-electron chi connectivity index (χ3n) is 4.56. The number of hydrogen-bond donors (Lipinski definition) is 1. The lowest BCUT2D eigenvalue weighted by atomic mass is 10.1. The Morgan fingerprint density at radius 2 is 1.82 bits per heavy atom. The molecule has 0 fully saturated rings. The second kappa shape index (κ2) is 8.04. The number of carbonyl (C=O) groups is 1. The Morgan fingerprint density at radius 3 is 2.46 bits per heavy atom. The van der Waals surface area contributed by atoms with Crippen molar-refractivity contribution in [3.05, 3.63) is 70.3 Å². The van der Waals surface area contributed by atoms with Crippen molar-refractivity contribution in [2.75, 3.05) is 12.4 Å². The first-order chi connectivity index (χ1) is 13.4. The lowest BCUT2D eigenvalue weighted by Crippen LogP contribution is -2.35. The van der Waals surface area contributed by atoms with E-state index in [0.717, 1.165) is 21.5 Å². The van der Waals surface area contributed by atoms with Gasteiger partial charge in [0.2, 0.25) is 5.91 Å². The van der Waals surface area contributed by atoms with Crippen LogP contribution in [0.3, 0.4) is 0 Å². The van der Waals surface area contributed by atoms with Crippen LogP contribution in [0.15, 0.2) is 53.5 Å². The summed E-state index contributed by atoms with van der Waals surface area (Å²) in [6.45, 7) is 5.45. The zero-order valence-electron chi connectivity index (χ0n) is 16.3. The first-order valence-corrected chi connectivity index (χ1v) is 8.88. The molecule has 1 aromatic heterocycles. The van der Waals surface area contributed by atoms with Crippen LogP contribution in [0.2, 0.25) is 0 Å². The molecule has 0 bridgehead atoms. The number of rotatable bonds is 5. The third-order valence-corrected chi connectivity index (χ3v) is 4.56. The highest BCUT2D eigenvalue weighted by Gasteiger charge is 2.20. The van der Waals surface area contributed by atoms with Gasteiger partial charge in [-0.2, -0.15) is 10.1 Å². The summed E-state index contributed by atoms with van der Waals surface area (Å²) in [7, 11) is 1.57. The number of aryl methyl sites for hydroxylation is 2. The molecular formula is C21H22N4O3. The average molecular weight is 378 g/mol. The maximum absolute atomic E-state index is 12.7. The van der Waals surface area contributed by atoms with Gasteiger partial charge in [0.25, 0.3) is 0 Å². The normalized spacial score (nSPS) is 11.7. The molecule has 0 aliphatic heterocycles. The zero-order valence-corrected chi connectivity index (χ0v) is 16.3. The maximum Gasteiger partial charge on any atom is 0.365 e. The molecule has 1 amide bonds. The number of nitrogens with one attached hydrogen (secondary N) is 1. The summed E-state index contributed by atoms with van der Waals surface area (Å²) in [5.41, 5.74) is 3.18. The summed E-state index contributed by atoms with van der Waals surface area (Å²) >= 11 is 0. The molecule has 0 aliphatic carbocycles.